The number of aliphatic hydroxyl groups excluding tert-OH is 1. The van der Waals surface area contributed by atoms with E-state index >= 15 is 0 Å². The van der Waals surface area contributed by atoms with E-state index in [9.17, 15) is 0 Å². The van der Waals surface area contributed by atoms with Gasteiger partial charge in [0, 0.05) is 12.6 Å². The highest BCUT2D eigenvalue weighted by atomic mass is 16.2. The van der Waals surface area contributed by atoms with Crippen LogP contribution in [0.4, 0.5) is 0 Å². The molecule has 0 bridgehead atoms. The topological polar surface area (TPSA) is 32.3 Å². The number of hydrogen-bond acceptors (Lipinski definition) is 2. The van der Waals surface area contributed by atoms with E-state index in [-0.39, 0.29) is 0 Å². The Morgan fingerprint density at radius 1 is 1.20 bits per heavy atom. The van der Waals surface area contributed by atoms with E-state index in [2.05, 4.69) is 12.2 Å². The molecule has 0 aromatic carbocycles. The van der Waals surface area contributed by atoms with Crippen molar-refractivity contribution in [2.75, 3.05) is 13.2 Å². The zero-order chi connectivity index (χ0) is 10.9. The Morgan fingerprint density at radius 3 is 2.60 bits per heavy atom. The van der Waals surface area contributed by atoms with Crippen LogP contribution in [0.15, 0.2) is 0 Å². The molecule has 0 radical (unpaired) electrons. The van der Waals surface area contributed by atoms with E-state index in [0.29, 0.717) is 12.6 Å². The minimum Gasteiger partial charge on any atom is -0.396 e. The van der Waals surface area contributed by atoms with Gasteiger partial charge in [-0.3, -0.25) is 0 Å². The second-order valence-electron chi connectivity index (χ2n) is 5.03. The highest BCUT2D eigenvalue weighted by Gasteiger charge is 2.15. The van der Waals surface area contributed by atoms with Crippen LogP contribution in [0, 0.1) is 5.92 Å². The molecule has 0 spiro atoms. The van der Waals surface area contributed by atoms with Crippen molar-refractivity contribution in [3.05, 3.63) is 0 Å². The maximum atomic E-state index is 8.66. The van der Waals surface area contributed by atoms with Gasteiger partial charge in [0.25, 0.3) is 0 Å². The van der Waals surface area contributed by atoms with Gasteiger partial charge in [0.2, 0.25) is 0 Å². The van der Waals surface area contributed by atoms with E-state index in [1.165, 1.54) is 38.5 Å². The van der Waals surface area contributed by atoms with Gasteiger partial charge in [0.1, 0.15) is 0 Å². The molecule has 0 saturated heterocycles. The fourth-order valence-electron chi connectivity index (χ4n) is 2.59. The van der Waals surface area contributed by atoms with Crippen molar-refractivity contribution in [3.63, 3.8) is 0 Å². The summed E-state index contributed by atoms with van der Waals surface area (Å²) in [6.45, 7) is 3.70. The lowest BCUT2D eigenvalue weighted by Crippen LogP contribution is -2.29. The maximum absolute atomic E-state index is 8.66. The van der Waals surface area contributed by atoms with E-state index < -0.39 is 0 Å². The predicted molar refractivity (Wildman–Crippen MR) is 65.0 cm³/mol. The van der Waals surface area contributed by atoms with Gasteiger partial charge >= 0.3 is 0 Å². The summed E-state index contributed by atoms with van der Waals surface area (Å²) in [5.41, 5.74) is 0. The molecular formula is C13H27NO. The Balaban J connectivity index is 1.98. The van der Waals surface area contributed by atoms with Gasteiger partial charge in [-0.15, -0.1) is 0 Å². The number of aliphatic hydroxyl groups is 1. The van der Waals surface area contributed by atoms with Crippen molar-refractivity contribution in [2.24, 2.45) is 5.92 Å². The van der Waals surface area contributed by atoms with Crippen LogP contribution < -0.4 is 5.32 Å². The second-order valence-corrected chi connectivity index (χ2v) is 5.03. The summed E-state index contributed by atoms with van der Waals surface area (Å²) < 4.78 is 0. The molecule has 1 rings (SSSR count). The molecule has 0 aliphatic heterocycles. The first-order valence-corrected chi connectivity index (χ1v) is 6.67. The van der Waals surface area contributed by atoms with Gasteiger partial charge in [-0.25, -0.2) is 0 Å². The Morgan fingerprint density at radius 2 is 1.93 bits per heavy atom. The van der Waals surface area contributed by atoms with Crippen LogP contribution in [-0.2, 0) is 0 Å². The summed E-state index contributed by atoms with van der Waals surface area (Å²) in [5.74, 6) is 0.971. The minimum absolute atomic E-state index is 0.332. The van der Waals surface area contributed by atoms with Crippen LogP contribution in [0.25, 0.3) is 0 Å². The van der Waals surface area contributed by atoms with Crippen LogP contribution in [-0.4, -0.2) is 24.3 Å². The van der Waals surface area contributed by atoms with E-state index in [4.69, 9.17) is 5.11 Å². The quantitative estimate of drug-likeness (QED) is 0.637. The molecule has 1 aliphatic carbocycles. The SMILES string of the molecule is CC(CC1CCCCC1)NCCCCO. The van der Waals surface area contributed by atoms with Gasteiger partial charge in [0.15, 0.2) is 0 Å². The average molecular weight is 213 g/mol. The fourth-order valence-corrected chi connectivity index (χ4v) is 2.59. The number of unbranched alkanes of at least 4 members (excludes halogenated alkanes) is 1. The van der Waals surface area contributed by atoms with Crippen molar-refractivity contribution >= 4 is 0 Å². The summed E-state index contributed by atoms with van der Waals surface area (Å²) in [6.07, 6.45) is 10.6. The van der Waals surface area contributed by atoms with Crippen LogP contribution in [0.1, 0.15) is 58.3 Å². The predicted octanol–water partition coefficient (Wildman–Crippen LogP) is 2.71. The lowest BCUT2D eigenvalue weighted by atomic mass is 9.85. The Hall–Kier alpha value is -0.0800. The van der Waals surface area contributed by atoms with Gasteiger partial charge in [-0.2, -0.15) is 0 Å². The largest absolute Gasteiger partial charge is 0.396 e. The molecule has 0 aromatic rings. The van der Waals surface area contributed by atoms with Gasteiger partial charge in [0.05, 0.1) is 0 Å². The molecule has 1 saturated carbocycles. The van der Waals surface area contributed by atoms with Crippen LogP contribution in [0.2, 0.25) is 0 Å². The van der Waals surface area contributed by atoms with Crippen molar-refractivity contribution in [3.8, 4) is 0 Å². The molecule has 0 aromatic heterocycles. The average Bonchev–Trinajstić information content (AvgIpc) is 2.26. The zero-order valence-electron chi connectivity index (χ0n) is 10.2. The van der Waals surface area contributed by atoms with Crippen molar-refractivity contribution < 1.29 is 5.11 Å². The van der Waals surface area contributed by atoms with Crippen LogP contribution in [0.3, 0.4) is 0 Å². The first-order valence-electron chi connectivity index (χ1n) is 6.67. The van der Waals surface area contributed by atoms with Crippen molar-refractivity contribution in [1.29, 1.82) is 0 Å². The third-order valence-corrected chi connectivity index (χ3v) is 3.49. The third-order valence-electron chi connectivity index (χ3n) is 3.49. The summed E-state index contributed by atoms with van der Waals surface area (Å²) in [5, 5.41) is 12.2. The molecule has 90 valence electrons. The second kappa shape index (κ2) is 8.12. The highest BCUT2D eigenvalue weighted by Crippen LogP contribution is 2.27. The summed E-state index contributed by atoms with van der Waals surface area (Å²) in [6, 6.07) is 0.659. The summed E-state index contributed by atoms with van der Waals surface area (Å²) in [7, 11) is 0. The molecule has 2 nitrogen and oxygen atoms in total. The monoisotopic (exact) mass is 213 g/mol. The Labute approximate surface area is 94.5 Å². The van der Waals surface area contributed by atoms with Gasteiger partial charge in [-0.05, 0) is 38.6 Å². The zero-order valence-corrected chi connectivity index (χ0v) is 10.2. The third kappa shape index (κ3) is 6.16. The molecule has 1 aliphatic rings. The number of rotatable bonds is 7. The molecule has 2 N–H and O–H groups in total. The molecular weight excluding hydrogens is 186 g/mol. The first-order chi connectivity index (χ1) is 7.33. The van der Waals surface area contributed by atoms with Crippen molar-refractivity contribution in [2.45, 2.75) is 64.3 Å². The van der Waals surface area contributed by atoms with Gasteiger partial charge < -0.3 is 10.4 Å². The lowest BCUT2D eigenvalue weighted by Gasteiger charge is -2.25. The first kappa shape index (κ1) is 13.0. The van der Waals surface area contributed by atoms with E-state index in [0.717, 1.165) is 25.3 Å². The molecule has 15 heavy (non-hydrogen) atoms. The summed E-state index contributed by atoms with van der Waals surface area (Å²) in [4.78, 5) is 0. The smallest absolute Gasteiger partial charge is 0.0431 e. The standard InChI is InChI=1S/C13H27NO/c1-12(14-9-5-6-10-15)11-13-7-3-2-4-8-13/h12-15H,2-11H2,1H3. The molecule has 1 fully saturated rings. The summed E-state index contributed by atoms with van der Waals surface area (Å²) >= 11 is 0. The van der Waals surface area contributed by atoms with E-state index in [1.54, 1.807) is 0 Å². The maximum Gasteiger partial charge on any atom is 0.0431 e. The fraction of sp³-hybridized carbons (Fsp3) is 1.00. The van der Waals surface area contributed by atoms with Crippen LogP contribution in [0.5, 0.6) is 0 Å². The van der Waals surface area contributed by atoms with Gasteiger partial charge in [-0.1, -0.05) is 32.1 Å². The van der Waals surface area contributed by atoms with E-state index in [1.807, 2.05) is 0 Å². The van der Waals surface area contributed by atoms with Crippen LogP contribution >= 0.6 is 0 Å². The number of nitrogens with one attached hydrogen (secondary N) is 1. The minimum atomic E-state index is 0.332. The molecule has 2 heteroatoms. The molecule has 0 amide bonds. The normalized spacial score (nSPS) is 20.4. The Bertz CT molecular complexity index is 143. The lowest BCUT2D eigenvalue weighted by molar-refractivity contribution is 0.278. The molecule has 1 atom stereocenters. The van der Waals surface area contributed by atoms with Crippen molar-refractivity contribution in [1.82, 2.24) is 5.32 Å². The number of hydrogen-bond donors (Lipinski definition) is 2. The molecule has 1 unspecified atom stereocenters. The molecule has 0 heterocycles. The Kier molecular flexibility index (Phi) is 7.03. The highest BCUT2D eigenvalue weighted by molar-refractivity contribution is 4.71.